The highest BCUT2D eigenvalue weighted by Crippen LogP contribution is 2.30. The van der Waals surface area contributed by atoms with Crippen LogP contribution in [0, 0.1) is 0 Å². The van der Waals surface area contributed by atoms with Crippen LogP contribution in [0.25, 0.3) is 33.5 Å². The van der Waals surface area contributed by atoms with Crippen LogP contribution in [0.2, 0.25) is 0 Å². The van der Waals surface area contributed by atoms with Crippen LogP contribution < -0.4 is 5.69 Å². The molecule has 13 heteroatoms. The van der Waals surface area contributed by atoms with Crippen molar-refractivity contribution >= 4 is 23.2 Å². The van der Waals surface area contributed by atoms with Crippen LogP contribution in [0.15, 0.2) is 71.5 Å². The molecule has 0 bridgehead atoms. The summed E-state index contributed by atoms with van der Waals surface area (Å²) in [6, 6.07) is 20.3. The van der Waals surface area contributed by atoms with Crippen molar-refractivity contribution in [3.05, 3.63) is 88.3 Å². The number of nitrogens with one attached hydrogen (secondary N) is 2. The largest absolute Gasteiger partial charge is 0.543 e. The summed E-state index contributed by atoms with van der Waals surface area (Å²) in [6.45, 7) is 1.58. The Morgan fingerprint density at radius 3 is 2.48 bits per heavy atom. The van der Waals surface area contributed by atoms with Crippen LogP contribution >= 0.6 is 0 Å². The summed E-state index contributed by atoms with van der Waals surface area (Å²) in [5.74, 6) is -0.218. The normalized spacial score (nSPS) is 14.3. The number of carbonyl (C=O) groups is 2. The number of carbonyl (C=O) groups excluding carboxylic acids is 2. The number of fused-ring (bicyclic) bond motifs is 1. The summed E-state index contributed by atoms with van der Waals surface area (Å²) < 4.78 is 11.9. The molecule has 1 fully saturated rings. The number of aromatic nitrogens is 6. The number of aromatic amines is 2. The zero-order chi connectivity index (χ0) is 30.5. The maximum absolute atomic E-state index is 13.2. The van der Waals surface area contributed by atoms with Crippen LogP contribution in [-0.4, -0.2) is 54.7 Å². The second-order valence-corrected chi connectivity index (χ2v) is 10.5. The highest BCUT2D eigenvalue weighted by atomic mass is 17.2. The maximum atomic E-state index is 13.2. The summed E-state index contributed by atoms with van der Waals surface area (Å²) >= 11 is 0. The van der Waals surface area contributed by atoms with Gasteiger partial charge in [-0.05, 0) is 52.1 Å². The number of imidazole rings is 1. The highest BCUT2D eigenvalue weighted by Gasteiger charge is 2.23. The van der Waals surface area contributed by atoms with E-state index in [-0.39, 0.29) is 23.9 Å². The Balaban J connectivity index is 1.16. The monoisotopic (exact) mass is 598 g/mol. The molecule has 44 heavy (non-hydrogen) atoms. The fourth-order valence-electron chi connectivity index (χ4n) is 5.38. The third kappa shape index (κ3) is 6.37. The number of hydrogen-bond acceptors (Lipinski definition) is 10. The molecule has 6 rings (SSSR count). The molecule has 0 saturated heterocycles. The molecule has 1 saturated carbocycles. The SMILES string of the molecule is CC(OC(=O)OOC1CCCCC1)OC(=O)c1cccc2[nH]c(=O)n(Cc3ccc(-c4ccccc4-c4nnn[nH]4)cc3)c12. The summed E-state index contributed by atoms with van der Waals surface area (Å²) in [4.78, 5) is 50.9. The molecule has 13 nitrogen and oxygen atoms in total. The predicted molar refractivity (Wildman–Crippen MR) is 157 cm³/mol. The van der Waals surface area contributed by atoms with Crippen molar-refractivity contribution < 1.29 is 28.8 Å². The first-order valence-corrected chi connectivity index (χ1v) is 14.3. The minimum Gasteiger partial charge on any atom is -0.422 e. The van der Waals surface area contributed by atoms with Gasteiger partial charge in [-0.3, -0.25) is 9.45 Å². The van der Waals surface area contributed by atoms with E-state index in [4.69, 9.17) is 19.2 Å². The van der Waals surface area contributed by atoms with Crippen molar-refractivity contribution in [3.8, 4) is 22.5 Å². The Labute approximate surface area is 251 Å². The van der Waals surface area contributed by atoms with Crippen molar-refractivity contribution in [3.63, 3.8) is 0 Å². The van der Waals surface area contributed by atoms with Gasteiger partial charge in [0.15, 0.2) is 5.82 Å². The van der Waals surface area contributed by atoms with Gasteiger partial charge in [0.2, 0.25) is 6.29 Å². The van der Waals surface area contributed by atoms with Gasteiger partial charge in [-0.25, -0.2) is 19.5 Å². The first-order valence-electron chi connectivity index (χ1n) is 14.3. The number of esters is 1. The molecule has 2 aromatic heterocycles. The Hall–Kier alpha value is -5.30. The molecule has 0 amide bonds. The highest BCUT2D eigenvalue weighted by molar-refractivity contribution is 6.02. The molecule has 1 atom stereocenters. The average Bonchev–Trinajstić information content (AvgIpc) is 3.69. The van der Waals surface area contributed by atoms with Gasteiger partial charge < -0.3 is 14.5 Å². The van der Waals surface area contributed by atoms with Crippen LogP contribution in [0.5, 0.6) is 0 Å². The molecule has 1 aliphatic rings. The zero-order valence-corrected chi connectivity index (χ0v) is 23.9. The van der Waals surface area contributed by atoms with Gasteiger partial charge in [0.05, 0.1) is 23.1 Å². The third-order valence-electron chi connectivity index (χ3n) is 7.49. The van der Waals surface area contributed by atoms with Crippen LogP contribution in [0.1, 0.15) is 54.9 Å². The standard InChI is InChI=1S/C31H30N6O7/c1-19(42-31(40)44-43-22-8-3-2-4-9-22)41-29(38)25-12-7-13-26-27(25)37(30(39)32-26)18-20-14-16-21(17-15-20)23-10-5-6-11-24(23)28-33-35-36-34-28/h5-7,10-17,19,22H,2-4,8-9,18H2,1H3,(H,32,39)(H,33,34,35,36). The number of rotatable bonds is 9. The van der Waals surface area contributed by atoms with Gasteiger partial charge in [0.1, 0.15) is 6.10 Å². The van der Waals surface area contributed by atoms with E-state index in [1.165, 1.54) is 11.5 Å². The van der Waals surface area contributed by atoms with Crippen molar-refractivity contribution in [2.45, 2.75) is 58.0 Å². The molecule has 226 valence electrons. The number of tetrazole rings is 1. The molecule has 0 spiro atoms. The molecule has 2 N–H and O–H groups in total. The van der Waals surface area contributed by atoms with E-state index >= 15 is 0 Å². The lowest BCUT2D eigenvalue weighted by Crippen LogP contribution is -2.25. The Morgan fingerprint density at radius 2 is 1.73 bits per heavy atom. The van der Waals surface area contributed by atoms with E-state index < -0.39 is 18.4 Å². The molecule has 1 aliphatic carbocycles. The Bertz CT molecular complexity index is 1810. The molecule has 1 unspecified atom stereocenters. The molecule has 0 radical (unpaired) electrons. The van der Waals surface area contributed by atoms with Gasteiger partial charge >= 0.3 is 17.8 Å². The molecular formula is C31H30N6O7. The van der Waals surface area contributed by atoms with Crippen molar-refractivity contribution in [2.24, 2.45) is 0 Å². The van der Waals surface area contributed by atoms with Gasteiger partial charge in [-0.1, -0.05) is 73.9 Å². The van der Waals surface area contributed by atoms with Gasteiger partial charge in [-0.2, -0.15) is 4.89 Å². The van der Waals surface area contributed by atoms with Crippen molar-refractivity contribution in [1.82, 2.24) is 30.2 Å². The summed E-state index contributed by atoms with van der Waals surface area (Å²) in [6.07, 6.45) is 2.23. The van der Waals surface area contributed by atoms with E-state index in [1.807, 2.05) is 48.5 Å². The third-order valence-corrected chi connectivity index (χ3v) is 7.49. The second kappa shape index (κ2) is 12.9. The minimum absolute atomic E-state index is 0.134. The van der Waals surface area contributed by atoms with Gasteiger partial charge in [-0.15, -0.1) is 5.10 Å². The number of H-pyrrole nitrogens is 2. The molecular weight excluding hydrogens is 568 g/mol. The van der Waals surface area contributed by atoms with Crippen LogP contribution in [0.3, 0.4) is 0 Å². The molecule has 5 aromatic rings. The quantitative estimate of drug-likeness (QED) is 0.100. The first-order chi connectivity index (χ1) is 21.5. The lowest BCUT2D eigenvalue weighted by atomic mass is 9.98. The predicted octanol–water partition coefficient (Wildman–Crippen LogP) is 5.15. The molecule has 2 heterocycles. The average molecular weight is 599 g/mol. The number of para-hydroxylation sites is 1. The Kier molecular flexibility index (Phi) is 8.46. The van der Waals surface area contributed by atoms with E-state index in [9.17, 15) is 14.4 Å². The lowest BCUT2D eigenvalue weighted by Gasteiger charge is -2.20. The van der Waals surface area contributed by atoms with Crippen LogP contribution in [-0.2, 0) is 25.8 Å². The minimum atomic E-state index is -1.26. The fourth-order valence-corrected chi connectivity index (χ4v) is 5.38. The van der Waals surface area contributed by atoms with Crippen molar-refractivity contribution in [1.29, 1.82) is 0 Å². The lowest BCUT2D eigenvalue weighted by molar-refractivity contribution is -0.297. The van der Waals surface area contributed by atoms with Gasteiger partial charge in [0.25, 0.3) is 0 Å². The van der Waals surface area contributed by atoms with Crippen molar-refractivity contribution in [2.75, 3.05) is 0 Å². The summed E-state index contributed by atoms with van der Waals surface area (Å²) in [5, 5.41) is 14.2. The van der Waals surface area contributed by atoms with Gasteiger partial charge in [0, 0.05) is 12.5 Å². The number of ether oxygens (including phenoxy) is 2. The van der Waals surface area contributed by atoms with E-state index in [2.05, 4.69) is 25.6 Å². The zero-order valence-electron chi connectivity index (χ0n) is 23.9. The number of benzene rings is 3. The maximum Gasteiger partial charge on any atom is 0.543 e. The molecule has 0 aliphatic heterocycles. The van der Waals surface area contributed by atoms with Crippen LogP contribution in [0.4, 0.5) is 4.79 Å². The second-order valence-electron chi connectivity index (χ2n) is 10.5. The number of hydrogen-bond donors (Lipinski definition) is 2. The van der Waals surface area contributed by atoms with E-state index in [0.717, 1.165) is 54.4 Å². The first kappa shape index (κ1) is 28.8. The number of nitrogens with zero attached hydrogens (tertiary/aromatic N) is 4. The fraction of sp³-hybridized carbons (Fsp3) is 0.290. The van der Waals surface area contributed by atoms with E-state index in [0.29, 0.717) is 16.9 Å². The smallest absolute Gasteiger partial charge is 0.422 e. The van der Waals surface area contributed by atoms with E-state index in [1.54, 1.807) is 18.2 Å². The summed E-state index contributed by atoms with van der Waals surface area (Å²) in [5.41, 5.74) is 4.13. The summed E-state index contributed by atoms with van der Waals surface area (Å²) in [7, 11) is 0. The Morgan fingerprint density at radius 1 is 0.955 bits per heavy atom. The molecule has 3 aromatic carbocycles. The topological polar surface area (TPSA) is 163 Å².